The topological polar surface area (TPSA) is 60.7 Å². The van der Waals surface area contributed by atoms with Crippen molar-refractivity contribution in [3.8, 4) is 6.07 Å². The molecule has 104 valence electrons. The number of alkyl halides is 3. The zero-order chi connectivity index (χ0) is 14.8. The molecule has 0 saturated carbocycles. The van der Waals surface area contributed by atoms with Crippen LogP contribution in [-0.4, -0.2) is 4.98 Å². The Kier molecular flexibility index (Phi) is 4.01. The molecule has 0 aliphatic rings. The average molecular weight is 319 g/mol. The number of anilines is 2. The van der Waals surface area contributed by atoms with Gasteiger partial charge in [-0.2, -0.15) is 18.4 Å². The zero-order valence-electron chi connectivity index (χ0n) is 9.62. The lowest BCUT2D eigenvalue weighted by molar-refractivity contribution is -0.140. The van der Waals surface area contributed by atoms with Gasteiger partial charge in [-0.25, -0.2) is 4.98 Å². The van der Waals surface area contributed by atoms with E-state index < -0.39 is 16.7 Å². The molecule has 0 saturated heterocycles. The largest absolute Gasteiger partial charge is 0.435 e. The Bertz CT molecular complexity index is 662. The summed E-state index contributed by atoms with van der Waals surface area (Å²) in [5.41, 5.74) is 4.41. The lowest BCUT2D eigenvalue weighted by atomic mass is 10.3. The SMILES string of the molecule is N#Cc1sc(NNc2ccccc2Cl)nc1C(F)(F)F. The van der Waals surface area contributed by atoms with Crippen LogP contribution in [-0.2, 0) is 6.18 Å². The first-order valence-electron chi connectivity index (χ1n) is 5.16. The molecule has 0 amide bonds. The first-order chi connectivity index (χ1) is 9.41. The van der Waals surface area contributed by atoms with E-state index in [2.05, 4.69) is 15.8 Å². The van der Waals surface area contributed by atoms with Crippen LogP contribution in [0, 0.1) is 11.3 Å². The van der Waals surface area contributed by atoms with E-state index in [0.29, 0.717) is 22.0 Å². The quantitative estimate of drug-likeness (QED) is 0.835. The summed E-state index contributed by atoms with van der Waals surface area (Å²) in [4.78, 5) is 2.85. The molecule has 1 heterocycles. The van der Waals surface area contributed by atoms with Crippen LogP contribution in [0.25, 0.3) is 0 Å². The van der Waals surface area contributed by atoms with E-state index in [0.717, 1.165) is 0 Å². The van der Waals surface area contributed by atoms with Gasteiger partial charge >= 0.3 is 6.18 Å². The Hall–Kier alpha value is -1.98. The molecule has 0 aliphatic carbocycles. The zero-order valence-corrected chi connectivity index (χ0v) is 11.2. The van der Waals surface area contributed by atoms with E-state index >= 15 is 0 Å². The number of aromatic nitrogens is 1. The van der Waals surface area contributed by atoms with Gasteiger partial charge in [-0.3, -0.25) is 10.9 Å². The van der Waals surface area contributed by atoms with Crippen LogP contribution < -0.4 is 10.9 Å². The standard InChI is InChI=1S/C11H6ClF3N4S/c12-6-3-1-2-4-7(6)18-19-10-17-9(11(13,14)15)8(5-16)20-10/h1-4,18H,(H,17,19). The fourth-order valence-electron chi connectivity index (χ4n) is 1.32. The Balaban J connectivity index is 2.18. The summed E-state index contributed by atoms with van der Waals surface area (Å²) in [7, 11) is 0. The third-order valence-electron chi connectivity index (χ3n) is 2.18. The summed E-state index contributed by atoms with van der Waals surface area (Å²) in [6.45, 7) is 0. The number of nitriles is 1. The predicted molar refractivity (Wildman–Crippen MR) is 70.5 cm³/mol. The van der Waals surface area contributed by atoms with Crippen molar-refractivity contribution in [2.75, 3.05) is 10.9 Å². The van der Waals surface area contributed by atoms with Crippen LogP contribution in [0.3, 0.4) is 0 Å². The summed E-state index contributed by atoms with van der Waals surface area (Å²) in [5.74, 6) is 0. The van der Waals surface area contributed by atoms with Crippen LogP contribution in [0.15, 0.2) is 24.3 Å². The normalized spacial score (nSPS) is 10.9. The van der Waals surface area contributed by atoms with Crippen molar-refractivity contribution in [1.82, 2.24) is 4.98 Å². The number of hydrogen-bond donors (Lipinski definition) is 2. The van der Waals surface area contributed by atoms with E-state index in [1.54, 1.807) is 24.3 Å². The van der Waals surface area contributed by atoms with Gasteiger partial charge in [-0.15, -0.1) is 0 Å². The van der Waals surface area contributed by atoms with Gasteiger partial charge in [0.15, 0.2) is 5.69 Å². The van der Waals surface area contributed by atoms with Crippen molar-refractivity contribution in [1.29, 1.82) is 5.26 Å². The molecular weight excluding hydrogens is 313 g/mol. The summed E-state index contributed by atoms with van der Waals surface area (Å²) < 4.78 is 37.8. The Morgan fingerprint density at radius 2 is 1.95 bits per heavy atom. The third-order valence-corrected chi connectivity index (χ3v) is 3.38. The van der Waals surface area contributed by atoms with Crippen LogP contribution in [0.4, 0.5) is 24.0 Å². The second kappa shape index (κ2) is 5.56. The van der Waals surface area contributed by atoms with Crippen molar-refractivity contribution < 1.29 is 13.2 Å². The molecule has 2 rings (SSSR count). The minimum absolute atomic E-state index is 0.0752. The number of halogens is 4. The molecule has 0 bridgehead atoms. The maximum absolute atomic E-state index is 12.6. The molecular formula is C11H6ClF3N4S. The molecule has 1 aromatic carbocycles. The molecule has 0 fully saturated rings. The third kappa shape index (κ3) is 3.12. The number of rotatable bonds is 3. The van der Waals surface area contributed by atoms with Crippen molar-refractivity contribution >= 4 is 33.8 Å². The molecule has 9 heteroatoms. The van der Waals surface area contributed by atoms with Crippen LogP contribution in [0.2, 0.25) is 5.02 Å². The van der Waals surface area contributed by atoms with E-state index in [1.165, 1.54) is 6.07 Å². The lowest BCUT2D eigenvalue weighted by Gasteiger charge is -2.08. The minimum atomic E-state index is -4.66. The number of para-hydroxylation sites is 1. The van der Waals surface area contributed by atoms with Gasteiger partial charge in [0.05, 0.1) is 10.7 Å². The second-order valence-electron chi connectivity index (χ2n) is 3.54. The monoisotopic (exact) mass is 318 g/mol. The smallest absolute Gasteiger partial charge is 0.297 e. The summed E-state index contributed by atoms with van der Waals surface area (Å²) in [6.07, 6.45) is -4.66. The highest BCUT2D eigenvalue weighted by Gasteiger charge is 2.37. The summed E-state index contributed by atoms with van der Waals surface area (Å²) >= 11 is 6.48. The highest BCUT2D eigenvalue weighted by molar-refractivity contribution is 7.16. The highest BCUT2D eigenvalue weighted by Crippen LogP contribution is 2.35. The van der Waals surface area contributed by atoms with Gasteiger partial charge in [0.2, 0.25) is 5.13 Å². The highest BCUT2D eigenvalue weighted by atomic mass is 35.5. The summed E-state index contributed by atoms with van der Waals surface area (Å²) in [5, 5.41) is 9.00. The van der Waals surface area contributed by atoms with E-state index in [4.69, 9.17) is 16.9 Å². The fourth-order valence-corrected chi connectivity index (χ4v) is 2.24. The maximum atomic E-state index is 12.6. The molecule has 0 unspecified atom stereocenters. The van der Waals surface area contributed by atoms with Gasteiger partial charge < -0.3 is 0 Å². The first kappa shape index (κ1) is 14.4. The Morgan fingerprint density at radius 1 is 1.25 bits per heavy atom. The Morgan fingerprint density at radius 3 is 2.50 bits per heavy atom. The lowest BCUT2D eigenvalue weighted by Crippen LogP contribution is -2.10. The van der Waals surface area contributed by atoms with Crippen LogP contribution in [0.5, 0.6) is 0 Å². The minimum Gasteiger partial charge on any atom is -0.297 e. The first-order valence-corrected chi connectivity index (χ1v) is 6.36. The molecule has 0 aliphatic heterocycles. The second-order valence-corrected chi connectivity index (χ2v) is 4.94. The molecule has 0 radical (unpaired) electrons. The number of benzene rings is 1. The predicted octanol–water partition coefficient (Wildman–Crippen LogP) is 4.13. The number of thiazole rings is 1. The van der Waals surface area contributed by atoms with E-state index in [9.17, 15) is 13.2 Å². The van der Waals surface area contributed by atoms with Crippen LogP contribution >= 0.6 is 22.9 Å². The van der Waals surface area contributed by atoms with Gasteiger partial charge in [0.1, 0.15) is 10.9 Å². The van der Waals surface area contributed by atoms with Gasteiger partial charge in [0, 0.05) is 0 Å². The fraction of sp³-hybridized carbons (Fsp3) is 0.0909. The molecule has 20 heavy (non-hydrogen) atoms. The molecule has 0 atom stereocenters. The van der Waals surface area contributed by atoms with Crippen molar-refractivity contribution in [2.45, 2.75) is 6.18 Å². The van der Waals surface area contributed by atoms with E-state index in [1.807, 2.05) is 0 Å². The molecule has 0 spiro atoms. The number of nitrogens with one attached hydrogen (secondary N) is 2. The van der Waals surface area contributed by atoms with E-state index in [-0.39, 0.29) is 5.13 Å². The molecule has 2 N–H and O–H groups in total. The Labute approximate surface area is 120 Å². The van der Waals surface area contributed by atoms with Crippen molar-refractivity contribution in [2.24, 2.45) is 0 Å². The van der Waals surface area contributed by atoms with Crippen molar-refractivity contribution in [3.05, 3.63) is 39.9 Å². The van der Waals surface area contributed by atoms with Crippen LogP contribution in [0.1, 0.15) is 10.6 Å². The molecule has 1 aromatic heterocycles. The number of nitrogens with zero attached hydrogens (tertiary/aromatic N) is 2. The maximum Gasteiger partial charge on any atom is 0.435 e. The van der Waals surface area contributed by atoms with Gasteiger partial charge in [-0.05, 0) is 12.1 Å². The van der Waals surface area contributed by atoms with Gasteiger partial charge in [0.25, 0.3) is 0 Å². The molecule has 2 aromatic rings. The summed E-state index contributed by atoms with van der Waals surface area (Å²) in [6, 6.07) is 8.15. The van der Waals surface area contributed by atoms with Crippen molar-refractivity contribution in [3.63, 3.8) is 0 Å². The molecule has 4 nitrogen and oxygen atoms in total. The van der Waals surface area contributed by atoms with Gasteiger partial charge in [-0.1, -0.05) is 35.1 Å². The number of hydrogen-bond acceptors (Lipinski definition) is 5. The number of hydrazine groups is 1. The average Bonchev–Trinajstić information content (AvgIpc) is 2.81.